The fourth-order valence-corrected chi connectivity index (χ4v) is 1.67. The van der Waals surface area contributed by atoms with Crippen molar-refractivity contribution in [2.45, 2.75) is 6.42 Å². The Morgan fingerprint density at radius 3 is 2.73 bits per heavy atom. The highest BCUT2D eigenvalue weighted by atomic mass is 35.5. The number of carbonyl (C=O) groups excluding carboxylic acids is 1. The predicted molar refractivity (Wildman–Crippen MR) is 58.1 cm³/mol. The smallest absolute Gasteiger partial charge is 0.265 e. The molecule has 15 heavy (non-hydrogen) atoms. The second kappa shape index (κ2) is 4.13. The van der Waals surface area contributed by atoms with Crippen LogP contribution in [0.1, 0.15) is 5.56 Å². The fraction of sp³-hybridized carbons (Fsp3) is 0.100. The van der Waals surface area contributed by atoms with Gasteiger partial charge in [-0.25, -0.2) is 0 Å². The van der Waals surface area contributed by atoms with Gasteiger partial charge in [0.15, 0.2) is 0 Å². The standard InChI is InChI=1S/C10H6Cl2N2O/c11-8-3-1-2-6(9(8)12)4-7-5-13-14-10(7)15/h1-3,5H,4H2. The fourth-order valence-electron chi connectivity index (χ4n) is 1.28. The first-order valence-corrected chi connectivity index (χ1v) is 5.01. The van der Waals surface area contributed by atoms with Crippen LogP contribution in [0.4, 0.5) is 0 Å². The minimum atomic E-state index is -0.314. The maximum Gasteiger partial charge on any atom is 0.293 e. The molecule has 0 aliphatic carbocycles. The van der Waals surface area contributed by atoms with E-state index in [1.807, 2.05) is 6.07 Å². The number of hydrogen-bond donors (Lipinski definition) is 0. The predicted octanol–water partition coefficient (Wildman–Crippen LogP) is 3.41. The Kier molecular flexibility index (Phi) is 2.84. The van der Waals surface area contributed by atoms with Gasteiger partial charge in [-0.2, -0.15) is 5.11 Å². The first-order chi connectivity index (χ1) is 7.18. The minimum Gasteiger partial charge on any atom is -0.265 e. The molecule has 0 unspecified atom stereocenters. The van der Waals surface area contributed by atoms with E-state index >= 15 is 0 Å². The Hall–Kier alpha value is -1.19. The molecule has 2 rings (SSSR count). The summed E-state index contributed by atoms with van der Waals surface area (Å²) >= 11 is 11.8. The summed E-state index contributed by atoms with van der Waals surface area (Å²) in [5.41, 5.74) is 1.33. The van der Waals surface area contributed by atoms with Crippen molar-refractivity contribution in [3.8, 4) is 0 Å². The lowest BCUT2D eigenvalue weighted by atomic mass is 10.1. The Balaban J connectivity index is 2.26. The second-order valence-electron chi connectivity index (χ2n) is 3.06. The van der Waals surface area contributed by atoms with E-state index in [0.717, 1.165) is 5.56 Å². The van der Waals surface area contributed by atoms with Crippen LogP contribution < -0.4 is 0 Å². The van der Waals surface area contributed by atoms with Gasteiger partial charge < -0.3 is 0 Å². The van der Waals surface area contributed by atoms with E-state index in [9.17, 15) is 4.79 Å². The van der Waals surface area contributed by atoms with E-state index in [0.29, 0.717) is 22.0 Å². The molecule has 3 nitrogen and oxygen atoms in total. The highest BCUT2D eigenvalue weighted by molar-refractivity contribution is 6.42. The van der Waals surface area contributed by atoms with Crippen LogP contribution in [0.5, 0.6) is 0 Å². The number of nitrogens with zero attached hydrogens (tertiary/aromatic N) is 2. The molecule has 0 N–H and O–H groups in total. The largest absolute Gasteiger partial charge is 0.293 e. The molecule has 0 atom stereocenters. The van der Waals surface area contributed by atoms with Crippen molar-refractivity contribution < 1.29 is 4.79 Å². The van der Waals surface area contributed by atoms with E-state index in [1.165, 1.54) is 6.20 Å². The second-order valence-corrected chi connectivity index (χ2v) is 3.85. The number of hydrogen-bond acceptors (Lipinski definition) is 2. The van der Waals surface area contributed by atoms with Gasteiger partial charge in [0, 0.05) is 12.0 Å². The topological polar surface area (TPSA) is 41.8 Å². The van der Waals surface area contributed by atoms with Gasteiger partial charge in [-0.15, -0.1) is 5.11 Å². The Labute approximate surface area is 96.4 Å². The van der Waals surface area contributed by atoms with Gasteiger partial charge in [0.2, 0.25) is 0 Å². The molecule has 1 heterocycles. The molecule has 0 fully saturated rings. The first kappa shape index (κ1) is 10.3. The maximum atomic E-state index is 11.2. The number of rotatable bonds is 2. The first-order valence-electron chi connectivity index (χ1n) is 4.25. The molecule has 0 radical (unpaired) electrons. The highest BCUT2D eigenvalue weighted by Gasteiger charge is 2.15. The molecule has 76 valence electrons. The molecule has 0 saturated carbocycles. The van der Waals surface area contributed by atoms with Crippen LogP contribution in [0.15, 0.2) is 40.2 Å². The third-order valence-electron chi connectivity index (χ3n) is 2.05. The SMILES string of the molecule is O=C1N=NC=C1Cc1cccc(Cl)c1Cl. The van der Waals surface area contributed by atoms with Crippen molar-refractivity contribution in [1.82, 2.24) is 0 Å². The molecule has 0 spiro atoms. The number of amides is 1. The normalized spacial score (nSPS) is 14.5. The molecule has 0 bridgehead atoms. The monoisotopic (exact) mass is 240 g/mol. The summed E-state index contributed by atoms with van der Waals surface area (Å²) in [6.07, 6.45) is 1.85. The van der Waals surface area contributed by atoms with Crippen LogP contribution in [-0.4, -0.2) is 5.91 Å². The van der Waals surface area contributed by atoms with E-state index in [1.54, 1.807) is 12.1 Å². The van der Waals surface area contributed by atoms with Crippen LogP contribution in [-0.2, 0) is 11.2 Å². The lowest BCUT2D eigenvalue weighted by Gasteiger charge is -2.04. The average molecular weight is 241 g/mol. The summed E-state index contributed by atoms with van der Waals surface area (Å²) in [7, 11) is 0. The van der Waals surface area contributed by atoms with Gasteiger partial charge in [0.1, 0.15) is 0 Å². The molecule has 0 aromatic heterocycles. The van der Waals surface area contributed by atoms with Crippen LogP contribution in [0.25, 0.3) is 0 Å². The Morgan fingerprint density at radius 1 is 1.27 bits per heavy atom. The third kappa shape index (κ3) is 2.08. The van der Waals surface area contributed by atoms with Crippen molar-refractivity contribution in [3.63, 3.8) is 0 Å². The number of benzene rings is 1. The van der Waals surface area contributed by atoms with Crippen molar-refractivity contribution in [2.24, 2.45) is 10.2 Å². The number of azo groups is 1. The van der Waals surface area contributed by atoms with Crippen molar-refractivity contribution in [2.75, 3.05) is 0 Å². The van der Waals surface area contributed by atoms with Gasteiger partial charge in [0.05, 0.1) is 16.2 Å². The van der Waals surface area contributed by atoms with Gasteiger partial charge in [-0.3, -0.25) is 4.79 Å². The molecule has 0 saturated heterocycles. The molecular weight excluding hydrogens is 235 g/mol. The summed E-state index contributed by atoms with van der Waals surface area (Å²) in [5.74, 6) is -0.314. The molecule has 1 amide bonds. The van der Waals surface area contributed by atoms with Crippen molar-refractivity contribution in [3.05, 3.63) is 45.6 Å². The van der Waals surface area contributed by atoms with Crippen molar-refractivity contribution >= 4 is 29.1 Å². The quantitative estimate of drug-likeness (QED) is 0.782. The molecule has 1 aromatic rings. The van der Waals surface area contributed by atoms with E-state index in [4.69, 9.17) is 23.2 Å². The van der Waals surface area contributed by atoms with E-state index < -0.39 is 0 Å². The van der Waals surface area contributed by atoms with Gasteiger partial charge in [-0.05, 0) is 11.6 Å². The van der Waals surface area contributed by atoms with Crippen LogP contribution >= 0.6 is 23.2 Å². The molecule has 5 heteroatoms. The minimum absolute atomic E-state index is 0.314. The van der Waals surface area contributed by atoms with Gasteiger partial charge in [0.25, 0.3) is 5.91 Å². The van der Waals surface area contributed by atoms with E-state index in [-0.39, 0.29) is 5.91 Å². The molecule has 1 aliphatic rings. The summed E-state index contributed by atoms with van der Waals surface area (Å²) in [4.78, 5) is 11.2. The molecule has 1 aromatic carbocycles. The lowest BCUT2D eigenvalue weighted by Crippen LogP contribution is -1.99. The maximum absolute atomic E-state index is 11.2. The summed E-state index contributed by atoms with van der Waals surface area (Å²) in [6.45, 7) is 0. The zero-order valence-electron chi connectivity index (χ0n) is 7.58. The summed E-state index contributed by atoms with van der Waals surface area (Å²) in [5, 5.41) is 7.87. The van der Waals surface area contributed by atoms with E-state index in [2.05, 4.69) is 10.2 Å². The highest BCUT2D eigenvalue weighted by Crippen LogP contribution is 2.28. The number of carbonyl (C=O) groups is 1. The van der Waals surface area contributed by atoms with Crippen LogP contribution in [0.2, 0.25) is 10.0 Å². The van der Waals surface area contributed by atoms with Crippen LogP contribution in [0, 0.1) is 0 Å². The lowest BCUT2D eigenvalue weighted by molar-refractivity contribution is -0.114. The van der Waals surface area contributed by atoms with Crippen molar-refractivity contribution in [1.29, 1.82) is 0 Å². The molecular formula is C10H6Cl2N2O. The average Bonchev–Trinajstić information content (AvgIpc) is 2.60. The van der Waals surface area contributed by atoms with Crippen LogP contribution in [0.3, 0.4) is 0 Å². The third-order valence-corrected chi connectivity index (χ3v) is 2.91. The summed E-state index contributed by atoms with van der Waals surface area (Å²) in [6, 6.07) is 5.31. The van der Waals surface area contributed by atoms with Gasteiger partial charge in [-0.1, -0.05) is 35.3 Å². The number of halogens is 2. The van der Waals surface area contributed by atoms with Gasteiger partial charge >= 0.3 is 0 Å². The zero-order chi connectivity index (χ0) is 10.8. The Bertz CT molecular complexity index is 480. The summed E-state index contributed by atoms with van der Waals surface area (Å²) < 4.78 is 0. The Morgan fingerprint density at radius 2 is 2.07 bits per heavy atom. The zero-order valence-corrected chi connectivity index (χ0v) is 9.09. The molecule has 1 aliphatic heterocycles.